The molecule has 30 heavy (non-hydrogen) atoms. The maximum Gasteiger partial charge on any atom is 0.308 e. The van der Waals surface area contributed by atoms with Crippen LogP contribution in [0.2, 0.25) is 0 Å². The van der Waals surface area contributed by atoms with Crippen LogP contribution in [0.1, 0.15) is 25.7 Å². The lowest BCUT2D eigenvalue weighted by Gasteiger charge is -2.47. The van der Waals surface area contributed by atoms with Gasteiger partial charge in [0.15, 0.2) is 23.1 Å². The van der Waals surface area contributed by atoms with Gasteiger partial charge < -0.3 is 10.4 Å². The van der Waals surface area contributed by atoms with Gasteiger partial charge in [0.05, 0.1) is 17.5 Å². The van der Waals surface area contributed by atoms with Crippen LogP contribution < -0.4 is 5.32 Å². The molecule has 0 spiro atoms. The van der Waals surface area contributed by atoms with E-state index in [2.05, 4.69) is 25.5 Å². The molecule has 0 aromatic carbocycles. The van der Waals surface area contributed by atoms with E-state index in [1.54, 1.807) is 0 Å². The summed E-state index contributed by atoms with van der Waals surface area (Å²) in [7, 11) is 0. The zero-order chi connectivity index (χ0) is 21.0. The number of aromatic amines is 1. The fraction of sp³-hybridized carbons (Fsp3) is 0.400. The first-order chi connectivity index (χ1) is 14.4. The van der Waals surface area contributed by atoms with Crippen LogP contribution in [0.15, 0.2) is 18.3 Å². The minimum Gasteiger partial charge on any atom is -0.481 e. The highest BCUT2D eigenvalue weighted by atomic mass is 19.1. The smallest absolute Gasteiger partial charge is 0.308 e. The number of carbonyl (C=O) groups is 1. The zero-order valence-electron chi connectivity index (χ0n) is 15.7. The minimum absolute atomic E-state index is 0.00232. The third-order valence-corrected chi connectivity index (χ3v) is 6.34. The van der Waals surface area contributed by atoms with Gasteiger partial charge in [-0.1, -0.05) is 0 Å². The van der Waals surface area contributed by atoms with Gasteiger partial charge in [0.25, 0.3) is 0 Å². The largest absolute Gasteiger partial charge is 0.481 e. The van der Waals surface area contributed by atoms with Crippen molar-refractivity contribution in [3.63, 3.8) is 0 Å². The lowest BCUT2D eigenvalue weighted by Crippen LogP contribution is -2.51. The molecule has 3 aromatic rings. The van der Waals surface area contributed by atoms with Crippen LogP contribution >= 0.6 is 0 Å². The molecular weight excluding hydrogens is 399 g/mol. The van der Waals surface area contributed by atoms with Crippen molar-refractivity contribution in [1.29, 1.82) is 0 Å². The Bertz CT molecular complexity index is 1140. The summed E-state index contributed by atoms with van der Waals surface area (Å²) in [5.41, 5.74) is -0.0372. The molecular formula is C20H18F3N5O2. The van der Waals surface area contributed by atoms with Gasteiger partial charge in [0, 0.05) is 12.1 Å². The molecule has 2 bridgehead atoms. The van der Waals surface area contributed by atoms with E-state index < -0.39 is 35.4 Å². The summed E-state index contributed by atoms with van der Waals surface area (Å²) in [5, 5.41) is 19.4. The summed E-state index contributed by atoms with van der Waals surface area (Å²) in [4.78, 5) is 19.8. The highest BCUT2D eigenvalue weighted by Gasteiger charge is 2.47. The van der Waals surface area contributed by atoms with E-state index in [-0.39, 0.29) is 40.1 Å². The Morgan fingerprint density at radius 3 is 2.53 bits per heavy atom. The summed E-state index contributed by atoms with van der Waals surface area (Å²) in [5.74, 6) is -4.24. The number of anilines is 1. The molecule has 3 heterocycles. The summed E-state index contributed by atoms with van der Waals surface area (Å²) in [6.07, 6.45) is 4.38. The number of hydrogen-bond donors (Lipinski definition) is 3. The molecule has 0 amide bonds. The molecule has 2 atom stereocenters. The van der Waals surface area contributed by atoms with Crippen molar-refractivity contribution in [2.45, 2.75) is 31.7 Å². The number of nitrogens with zero attached hydrogens (tertiary/aromatic N) is 3. The normalized spacial score (nSPS) is 25.6. The van der Waals surface area contributed by atoms with Crippen LogP contribution in [0.3, 0.4) is 0 Å². The Labute approximate surface area is 168 Å². The van der Waals surface area contributed by atoms with Crippen LogP contribution in [0.4, 0.5) is 19.0 Å². The number of rotatable bonds is 4. The number of aliphatic carboxylic acids is 1. The summed E-state index contributed by atoms with van der Waals surface area (Å²) >= 11 is 0. The number of pyridine rings is 2. The molecule has 3 aliphatic rings. The molecule has 0 unspecified atom stereocenters. The molecule has 3 aromatic heterocycles. The van der Waals surface area contributed by atoms with Crippen LogP contribution in [-0.2, 0) is 4.79 Å². The topological polar surface area (TPSA) is 104 Å². The predicted molar refractivity (Wildman–Crippen MR) is 101 cm³/mol. The number of fused-ring (bicyclic) bond motifs is 4. The monoisotopic (exact) mass is 417 g/mol. The van der Waals surface area contributed by atoms with Crippen LogP contribution in [-0.4, -0.2) is 37.3 Å². The quantitative estimate of drug-likeness (QED) is 0.598. The number of aromatic nitrogens is 4. The Morgan fingerprint density at radius 1 is 1.07 bits per heavy atom. The molecule has 3 N–H and O–H groups in total. The van der Waals surface area contributed by atoms with Gasteiger partial charge in [-0.2, -0.15) is 5.10 Å². The number of carboxylic acid groups (broad SMARTS) is 1. The van der Waals surface area contributed by atoms with E-state index in [1.807, 2.05) is 0 Å². The number of hydrogen-bond acceptors (Lipinski definition) is 5. The van der Waals surface area contributed by atoms with Gasteiger partial charge in [-0.05, 0) is 43.6 Å². The molecule has 7 nitrogen and oxygen atoms in total. The van der Waals surface area contributed by atoms with Crippen LogP contribution in [0.5, 0.6) is 0 Å². The van der Waals surface area contributed by atoms with Gasteiger partial charge in [-0.3, -0.25) is 9.89 Å². The van der Waals surface area contributed by atoms with Crippen molar-refractivity contribution in [3.8, 4) is 11.4 Å². The third kappa shape index (κ3) is 2.98. The van der Waals surface area contributed by atoms with Crippen molar-refractivity contribution in [1.82, 2.24) is 20.2 Å². The standard InChI is InChI=1S/C20H18F3N5O2/c21-10-5-11-16(27-28-18(11)24-7-10)17-12(22)6-13(23)19(26-17)25-15-9-3-1-8(2-4-9)14(15)20(29)30/h5-9,14-15H,1-4H2,(H,25,26)(H,29,30)(H,24,27,28)/t8?,9?,14-,15-/m0/s1. The second-order valence-electron chi connectivity index (χ2n) is 7.98. The van der Waals surface area contributed by atoms with Gasteiger partial charge >= 0.3 is 5.97 Å². The summed E-state index contributed by atoms with van der Waals surface area (Å²) < 4.78 is 42.7. The SMILES string of the molecule is O=C(O)[C@H]1C2CCC(CC2)[C@@H]1Nc1nc(-c2n[nH]c3ncc(F)cc23)c(F)cc1F. The maximum absolute atomic E-state index is 14.6. The number of nitrogens with one attached hydrogen (secondary N) is 2. The second kappa shape index (κ2) is 6.96. The highest BCUT2D eigenvalue weighted by molar-refractivity contribution is 5.90. The predicted octanol–water partition coefficient (Wildman–Crippen LogP) is 3.74. The Morgan fingerprint density at radius 2 is 1.80 bits per heavy atom. The van der Waals surface area contributed by atoms with Crippen molar-refractivity contribution in [2.75, 3.05) is 5.32 Å². The van der Waals surface area contributed by atoms with E-state index in [0.29, 0.717) is 6.07 Å². The first-order valence-electron chi connectivity index (χ1n) is 9.77. The summed E-state index contributed by atoms with van der Waals surface area (Å²) in [6, 6.07) is 1.32. The molecule has 0 radical (unpaired) electrons. The van der Waals surface area contributed by atoms with Crippen molar-refractivity contribution in [2.24, 2.45) is 17.8 Å². The Hall–Kier alpha value is -3.17. The van der Waals surface area contributed by atoms with E-state index in [4.69, 9.17) is 0 Å². The van der Waals surface area contributed by atoms with E-state index >= 15 is 0 Å². The zero-order valence-corrected chi connectivity index (χ0v) is 15.7. The fourth-order valence-corrected chi connectivity index (χ4v) is 4.96. The van der Waals surface area contributed by atoms with Crippen molar-refractivity contribution < 1.29 is 23.1 Å². The van der Waals surface area contributed by atoms with Gasteiger partial charge in [0.2, 0.25) is 0 Å². The van der Waals surface area contributed by atoms with Crippen molar-refractivity contribution in [3.05, 3.63) is 35.8 Å². The Kier molecular flexibility index (Phi) is 4.37. The second-order valence-corrected chi connectivity index (χ2v) is 7.98. The molecule has 3 saturated carbocycles. The molecule has 3 aliphatic carbocycles. The number of carboxylic acids is 1. The average molecular weight is 417 g/mol. The summed E-state index contributed by atoms with van der Waals surface area (Å²) in [6.45, 7) is 0. The first kappa shape index (κ1) is 18.8. The number of halogens is 3. The third-order valence-electron chi connectivity index (χ3n) is 6.34. The van der Waals surface area contributed by atoms with Gasteiger partial charge in [-0.25, -0.2) is 23.1 Å². The van der Waals surface area contributed by atoms with E-state index in [0.717, 1.165) is 37.9 Å². The van der Waals surface area contributed by atoms with Crippen molar-refractivity contribution >= 4 is 22.8 Å². The van der Waals surface area contributed by atoms with E-state index in [9.17, 15) is 23.1 Å². The molecule has 156 valence electrons. The molecule has 0 aliphatic heterocycles. The molecule has 6 rings (SSSR count). The minimum atomic E-state index is -0.962. The number of H-pyrrole nitrogens is 1. The first-order valence-corrected chi connectivity index (χ1v) is 9.77. The highest BCUT2D eigenvalue weighted by Crippen LogP contribution is 2.46. The van der Waals surface area contributed by atoms with Gasteiger partial charge in [-0.15, -0.1) is 0 Å². The molecule has 3 fully saturated rings. The van der Waals surface area contributed by atoms with Crippen LogP contribution in [0.25, 0.3) is 22.4 Å². The lowest BCUT2D eigenvalue weighted by atomic mass is 9.61. The molecule has 10 heteroatoms. The Balaban J connectivity index is 1.55. The maximum atomic E-state index is 14.6. The molecule has 0 saturated heterocycles. The lowest BCUT2D eigenvalue weighted by molar-refractivity contribution is -0.148. The van der Waals surface area contributed by atoms with E-state index in [1.165, 1.54) is 0 Å². The average Bonchev–Trinajstić information content (AvgIpc) is 3.13. The van der Waals surface area contributed by atoms with Crippen LogP contribution in [0, 0.1) is 35.2 Å². The van der Waals surface area contributed by atoms with Gasteiger partial charge in [0.1, 0.15) is 17.2 Å². The fourth-order valence-electron chi connectivity index (χ4n) is 4.96.